The van der Waals surface area contributed by atoms with Crippen molar-refractivity contribution in [1.82, 2.24) is 4.98 Å². The van der Waals surface area contributed by atoms with Gasteiger partial charge in [-0.3, -0.25) is 4.79 Å². The average Bonchev–Trinajstić information content (AvgIpc) is 2.79. The lowest BCUT2D eigenvalue weighted by Gasteiger charge is -2.28. The number of thiazole rings is 1. The largest absolute Gasteiger partial charge is 0.469 e. The molecule has 0 N–H and O–H groups in total. The molecule has 0 amide bonds. The molecule has 0 saturated carbocycles. The fraction of sp³-hybridized carbons (Fsp3) is 0.286. The van der Waals surface area contributed by atoms with Gasteiger partial charge in [0.25, 0.3) is 0 Å². The number of aromatic nitrogens is 1. The van der Waals surface area contributed by atoms with Crippen LogP contribution in [0.4, 0.5) is 0 Å². The van der Waals surface area contributed by atoms with Gasteiger partial charge in [0.05, 0.1) is 19.2 Å². The second-order valence-electron chi connectivity index (χ2n) is 4.39. The lowest BCUT2D eigenvalue weighted by atomic mass is 9.78. The van der Waals surface area contributed by atoms with Crippen LogP contribution in [0.3, 0.4) is 0 Å². The highest BCUT2D eigenvalue weighted by atomic mass is 32.1. The van der Waals surface area contributed by atoms with E-state index in [1.165, 1.54) is 18.2 Å². The van der Waals surface area contributed by atoms with Crippen molar-refractivity contribution < 1.29 is 9.53 Å². The Labute approximate surface area is 109 Å². The Kier molecular flexibility index (Phi) is 2.88. The van der Waals surface area contributed by atoms with Crippen LogP contribution in [0, 0.1) is 0 Å². The summed E-state index contributed by atoms with van der Waals surface area (Å²) in [5.41, 5.74) is 3.59. The van der Waals surface area contributed by atoms with E-state index in [-0.39, 0.29) is 12.4 Å². The van der Waals surface area contributed by atoms with Gasteiger partial charge in [-0.2, -0.15) is 0 Å². The molecule has 0 aliphatic heterocycles. The number of rotatable bonds is 3. The molecule has 1 aromatic carbocycles. The molecule has 0 bridgehead atoms. The summed E-state index contributed by atoms with van der Waals surface area (Å²) in [6, 6.07) is 8.45. The van der Waals surface area contributed by atoms with Gasteiger partial charge in [-0.05, 0) is 17.5 Å². The molecule has 1 heterocycles. The number of hydrogen-bond acceptors (Lipinski definition) is 4. The van der Waals surface area contributed by atoms with Crippen LogP contribution in [0.25, 0.3) is 0 Å². The first kappa shape index (κ1) is 11.4. The van der Waals surface area contributed by atoms with Gasteiger partial charge >= 0.3 is 5.97 Å². The zero-order valence-electron chi connectivity index (χ0n) is 10.1. The molecular weight excluding hydrogens is 246 g/mol. The van der Waals surface area contributed by atoms with Crippen LogP contribution in [0.1, 0.15) is 27.7 Å². The number of esters is 1. The molecule has 92 valence electrons. The molecule has 1 aromatic heterocycles. The molecule has 18 heavy (non-hydrogen) atoms. The quantitative estimate of drug-likeness (QED) is 0.795. The van der Waals surface area contributed by atoms with Gasteiger partial charge in [0, 0.05) is 11.3 Å². The van der Waals surface area contributed by atoms with E-state index in [9.17, 15) is 4.79 Å². The monoisotopic (exact) mass is 259 g/mol. The third-order valence-corrected chi connectivity index (χ3v) is 4.28. The molecule has 3 nitrogen and oxygen atoms in total. The Bertz CT molecular complexity index is 591. The molecule has 2 aromatic rings. The number of nitrogens with zero attached hydrogens (tertiary/aromatic N) is 1. The number of fused-ring (bicyclic) bond motifs is 1. The van der Waals surface area contributed by atoms with Crippen molar-refractivity contribution >= 4 is 17.3 Å². The molecule has 1 unspecified atom stereocenters. The first-order valence-corrected chi connectivity index (χ1v) is 6.75. The van der Waals surface area contributed by atoms with Crippen molar-refractivity contribution in [1.29, 1.82) is 0 Å². The first-order chi connectivity index (χ1) is 8.78. The molecule has 0 radical (unpaired) electrons. The summed E-state index contributed by atoms with van der Waals surface area (Å²) in [6.45, 7) is 0. The lowest BCUT2D eigenvalue weighted by molar-refractivity contribution is -0.139. The minimum atomic E-state index is -0.235. The number of benzene rings is 1. The molecule has 3 rings (SSSR count). The Morgan fingerprint density at radius 3 is 3.11 bits per heavy atom. The second kappa shape index (κ2) is 4.53. The van der Waals surface area contributed by atoms with Crippen LogP contribution in [0.5, 0.6) is 0 Å². The van der Waals surface area contributed by atoms with Crippen LogP contribution in [-0.2, 0) is 22.4 Å². The third-order valence-electron chi connectivity index (χ3n) is 3.28. The van der Waals surface area contributed by atoms with Gasteiger partial charge < -0.3 is 4.74 Å². The minimum Gasteiger partial charge on any atom is -0.469 e. The number of ether oxygens (including phenoxy) is 1. The summed E-state index contributed by atoms with van der Waals surface area (Å²) in [6.07, 6.45) is 1.32. The first-order valence-electron chi connectivity index (χ1n) is 5.87. The number of carbonyl (C=O) groups is 1. The normalized spacial score (nSPS) is 16.8. The molecule has 1 aliphatic rings. The zero-order chi connectivity index (χ0) is 12.5. The smallest absolute Gasteiger partial charge is 0.311 e. The molecule has 1 aliphatic carbocycles. The van der Waals surface area contributed by atoms with E-state index in [0.717, 1.165) is 17.1 Å². The van der Waals surface area contributed by atoms with Gasteiger partial charge in [-0.25, -0.2) is 4.98 Å². The molecule has 0 saturated heterocycles. The second-order valence-corrected chi connectivity index (χ2v) is 5.28. The SMILES string of the molecule is COC(=O)Cc1csc(C2Cc3ccccc32)n1. The summed E-state index contributed by atoms with van der Waals surface area (Å²) in [4.78, 5) is 15.7. The van der Waals surface area contributed by atoms with Gasteiger partial charge in [-0.1, -0.05) is 24.3 Å². The molecule has 1 atom stereocenters. The summed E-state index contributed by atoms with van der Waals surface area (Å²) in [7, 11) is 1.40. The lowest BCUT2D eigenvalue weighted by Crippen LogP contribution is -2.17. The highest BCUT2D eigenvalue weighted by Crippen LogP contribution is 2.40. The maximum absolute atomic E-state index is 11.2. The van der Waals surface area contributed by atoms with Crippen molar-refractivity contribution in [2.45, 2.75) is 18.8 Å². The van der Waals surface area contributed by atoms with Crippen LogP contribution in [0.2, 0.25) is 0 Å². The Balaban J connectivity index is 1.78. The highest BCUT2D eigenvalue weighted by Gasteiger charge is 2.29. The van der Waals surface area contributed by atoms with E-state index in [1.54, 1.807) is 11.3 Å². The standard InChI is InChI=1S/C14H13NO2S/c1-17-13(16)7-10-8-18-14(15-10)12-6-9-4-2-3-5-11(9)12/h2-5,8,12H,6-7H2,1H3. The van der Waals surface area contributed by atoms with Gasteiger partial charge in [-0.15, -0.1) is 11.3 Å². The summed E-state index contributed by atoms with van der Waals surface area (Å²) in [5.74, 6) is 0.179. The summed E-state index contributed by atoms with van der Waals surface area (Å²) >= 11 is 1.63. The Morgan fingerprint density at radius 2 is 2.33 bits per heavy atom. The van der Waals surface area contributed by atoms with Crippen molar-refractivity contribution in [2.75, 3.05) is 7.11 Å². The number of hydrogen-bond donors (Lipinski definition) is 0. The predicted octanol–water partition coefficient (Wildman–Crippen LogP) is 2.55. The van der Waals surface area contributed by atoms with Crippen molar-refractivity contribution in [3.8, 4) is 0 Å². The van der Waals surface area contributed by atoms with E-state index in [0.29, 0.717) is 5.92 Å². The topological polar surface area (TPSA) is 39.2 Å². The van der Waals surface area contributed by atoms with Crippen LogP contribution in [-0.4, -0.2) is 18.1 Å². The molecule has 0 spiro atoms. The molecule has 4 heteroatoms. The maximum atomic E-state index is 11.2. The number of carbonyl (C=O) groups excluding carboxylic acids is 1. The fourth-order valence-electron chi connectivity index (χ4n) is 2.26. The number of methoxy groups -OCH3 is 1. The zero-order valence-corrected chi connectivity index (χ0v) is 10.9. The predicted molar refractivity (Wildman–Crippen MR) is 69.8 cm³/mol. The van der Waals surface area contributed by atoms with Crippen LogP contribution < -0.4 is 0 Å². The van der Waals surface area contributed by atoms with Gasteiger partial charge in [0.1, 0.15) is 5.01 Å². The van der Waals surface area contributed by atoms with Crippen LogP contribution >= 0.6 is 11.3 Å². The van der Waals surface area contributed by atoms with Crippen molar-refractivity contribution in [3.05, 3.63) is 51.5 Å². The van der Waals surface area contributed by atoms with E-state index in [2.05, 4.69) is 34.0 Å². The summed E-state index contributed by atoms with van der Waals surface area (Å²) < 4.78 is 4.65. The van der Waals surface area contributed by atoms with Crippen LogP contribution in [0.15, 0.2) is 29.6 Å². The van der Waals surface area contributed by atoms with Gasteiger partial charge in [0.15, 0.2) is 0 Å². The van der Waals surface area contributed by atoms with E-state index in [4.69, 9.17) is 0 Å². The third kappa shape index (κ3) is 1.93. The maximum Gasteiger partial charge on any atom is 0.311 e. The molecular formula is C14H13NO2S. The van der Waals surface area contributed by atoms with Crippen molar-refractivity contribution in [3.63, 3.8) is 0 Å². The van der Waals surface area contributed by atoms with E-state index < -0.39 is 0 Å². The van der Waals surface area contributed by atoms with E-state index in [1.807, 2.05) is 5.38 Å². The Morgan fingerprint density at radius 1 is 1.50 bits per heavy atom. The minimum absolute atomic E-state index is 0.235. The van der Waals surface area contributed by atoms with Crippen molar-refractivity contribution in [2.24, 2.45) is 0 Å². The average molecular weight is 259 g/mol. The van der Waals surface area contributed by atoms with Gasteiger partial charge in [0.2, 0.25) is 0 Å². The Hall–Kier alpha value is -1.68. The fourth-order valence-corrected chi connectivity index (χ4v) is 3.20. The summed E-state index contributed by atoms with van der Waals surface area (Å²) in [5, 5.41) is 3.06. The van der Waals surface area contributed by atoms with E-state index >= 15 is 0 Å². The molecule has 0 fully saturated rings. The highest BCUT2D eigenvalue weighted by molar-refractivity contribution is 7.09.